The Hall–Kier alpha value is -2.93. The van der Waals surface area contributed by atoms with Gasteiger partial charge in [-0.3, -0.25) is 19.7 Å². The van der Waals surface area contributed by atoms with E-state index >= 15 is 0 Å². The van der Waals surface area contributed by atoms with Crippen molar-refractivity contribution in [2.45, 2.75) is 0 Å². The molecular formula is C16H11ClFN3O3. The number of nitrogens with one attached hydrogen (secondary N) is 3. The van der Waals surface area contributed by atoms with E-state index in [0.717, 1.165) is 0 Å². The Labute approximate surface area is 141 Å². The molecule has 0 aromatic heterocycles. The van der Waals surface area contributed by atoms with Crippen LogP contribution in [-0.4, -0.2) is 24.3 Å². The fourth-order valence-electron chi connectivity index (χ4n) is 2.24. The van der Waals surface area contributed by atoms with Gasteiger partial charge < -0.3 is 10.6 Å². The van der Waals surface area contributed by atoms with Crippen molar-refractivity contribution in [3.05, 3.63) is 58.4 Å². The lowest BCUT2D eigenvalue weighted by Crippen LogP contribution is -2.22. The zero-order chi connectivity index (χ0) is 17.3. The van der Waals surface area contributed by atoms with E-state index in [1.54, 1.807) is 0 Å². The van der Waals surface area contributed by atoms with Crippen molar-refractivity contribution in [2.24, 2.45) is 0 Å². The molecule has 3 N–H and O–H groups in total. The fourth-order valence-corrected chi connectivity index (χ4v) is 2.42. The van der Waals surface area contributed by atoms with Crippen molar-refractivity contribution < 1.29 is 18.8 Å². The van der Waals surface area contributed by atoms with Crippen LogP contribution in [0, 0.1) is 5.82 Å². The summed E-state index contributed by atoms with van der Waals surface area (Å²) in [6.45, 7) is -0.0792. The molecule has 0 aliphatic carbocycles. The minimum absolute atomic E-state index is 0.0466. The molecule has 8 heteroatoms. The third-order valence-electron chi connectivity index (χ3n) is 3.39. The third-order valence-corrected chi connectivity index (χ3v) is 3.68. The number of amides is 3. The SMILES string of the molecule is O=C(CNc1ccc(F)c(Cl)c1)Nc1ccc2c(c1)C(=O)NC2=O. The summed E-state index contributed by atoms with van der Waals surface area (Å²) in [5.74, 6) is -1.87. The van der Waals surface area contributed by atoms with E-state index < -0.39 is 17.6 Å². The van der Waals surface area contributed by atoms with Gasteiger partial charge in [-0.2, -0.15) is 0 Å². The van der Waals surface area contributed by atoms with Crippen LogP contribution in [0.4, 0.5) is 15.8 Å². The molecular weight excluding hydrogens is 337 g/mol. The van der Waals surface area contributed by atoms with Gasteiger partial charge in [-0.05, 0) is 36.4 Å². The summed E-state index contributed by atoms with van der Waals surface area (Å²) in [5.41, 5.74) is 1.38. The number of hydrogen-bond acceptors (Lipinski definition) is 4. The van der Waals surface area contributed by atoms with Gasteiger partial charge in [0.2, 0.25) is 5.91 Å². The lowest BCUT2D eigenvalue weighted by Gasteiger charge is -2.09. The predicted octanol–water partition coefficient (Wildman–Crippen LogP) is 2.41. The monoisotopic (exact) mass is 347 g/mol. The molecule has 2 aromatic carbocycles. The molecule has 0 spiro atoms. The largest absolute Gasteiger partial charge is 0.376 e. The van der Waals surface area contributed by atoms with Crippen molar-refractivity contribution in [3.8, 4) is 0 Å². The zero-order valence-electron chi connectivity index (χ0n) is 12.2. The molecule has 0 bridgehead atoms. The van der Waals surface area contributed by atoms with E-state index in [-0.39, 0.29) is 28.6 Å². The van der Waals surface area contributed by atoms with Crippen LogP contribution in [0.2, 0.25) is 5.02 Å². The van der Waals surface area contributed by atoms with Crippen LogP contribution in [0.25, 0.3) is 0 Å². The number of hydrogen-bond donors (Lipinski definition) is 3. The molecule has 0 radical (unpaired) electrons. The summed E-state index contributed by atoms with van der Waals surface area (Å²) in [6.07, 6.45) is 0. The molecule has 2 aromatic rings. The number of carbonyl (C=O) groups excluding carboxylic acids is 3. The highest BCUT2D eigenvalue weighted by Crippen LogP contribution is 2.21. The van der Waals surface area contributed by atoms with E-state index in [1.165, 1.54) is 36.4 Å². The van der Waals surface area contributed by atoms with Crippen LogP contribution >= 0.6 is 11.6 Å². The quantitative estimate of drug-likeness (QED) is 0.741. The highest BCUT2D eigenvalue weighted by atomic mass is 35.5. The maximum atomic E-state index is 13.1. The normalized spacial score (nSPS) is 12.6. The number of halogens is 2. The molecule has 3 rings (SSSR count). The topological polar surface area (TPSA) is 87.3 Å². The minimum Gasteiger partial charge on any atom is -0.376 e. The molecule has 3 amide bonds. The molecule has 122 valence electrons. The van der Waals surface area contributed by atoms with Gasteiger partial charge in [0.25, 0.3) is 11.8 Å². The average molecular weight is 348 g/mol. The molecule has 0 saturated carbocycles. The molecule has 0 fully saturated rings. The first kappa shape index (κ1) is 15.9. The lowest BCUT2D eigenvalue weighted by atomic mass is 10.1. The van der Waals surface area contributed by atoms with Crippen LogP contribution in [0.15, 0.2) is 36.4 Å². The summed E-state index contributed by atoms with van der Waals surface area (Å²) in [7, 11) is 0. The number of fused-ring (bicyclic) bond motifs is 1. The predicted molar refractivity (Wildman–Crippen MR) is 86.8 cm³/mol. The Morgan fingerprint density at radius 3 is 2.50 bits per heavy atom. The molecule has 24 heavy (non-hydrogen) atoms. The molecule has 0 unspecified atom stereocenters. The second kappa shape index (κ2) is 6.29. The van der Waals surface area contributed by atoms with E-state index in [2.05, 4.69) is 16.0 Å². The van der Waals surface area contributed by atoms with Gasteiger partial charge in [-0.25, -0.2) is 4.39 Å². The number of rotatable bonds is 4. The van der Waals surface area contributed by atoms with Gasteiger partial charge in [0.1, 0.15) is 5.82 Å². The summed E-state index contributed by atoms with van der Waals surface area (Å²) in [6, 6.07) is 8.46. The third kappa shape index (κ3) is 3.21. The minimum atomic E-state index is -0.544. The Kier molecular flexibility index (Phi) is 4.18. The van der Waals surface area contributed by atoms with Gasteiger partial charge in [0, 0.05) is 11.4 Å². The van der Waals surface area contributed by atoms with Crippen molar-refractivity contribution in [2.75, 3.05) is 17.2 Å². The molecule has 1 aliphatic heterocycles. The van der Waals surface area contributed by atoms with Crippen molar-refractivity contribution >= 4 is 40.7 Å². The van der Waals surface area contributed by atoms with Crippen LogP contribution in [-0.2, 0) is 4.79 Å². The van der Waals surface area contributed by atoms with Crippen LogP contribution in [0.5, 0.6) is 0 Å². The summed E-state index contributed by atoms with van der Waals surface area (Å²) < 4.78 is 13.1. The van der Waals surface area contributed by atoms with E-state index in [1.807, 2.05) is 0 Å². The standard InChI is InChI=1S/C16H11ClFN3O3/c17-12-6-8(2-4-13(12)18)19-7-14(22)20-9-1-3-10-11(5-9)16(24)21-15(10)23/h1-6,19H,7H2,(H,20,22)(H,21,23,24). The molecule has 0 atom stereocenters. The van der Waals surface area contributed by atoms with Crippen molar-refractivity contribution in [1.82, 2.24) is 5.32 Å². The summed E-state index contributed by atoms with van der Waals surface area (Å²) in [5, 5.41) is 7.53. The van der Waals surface area contributed by atoms with Gasteiger partial charge in [0.05, 0.1) is 22.7 Å². The highest BCUT2D eigenvalue weighted by molar-refractivity contribution is 6.31. The maximum Gasteiger partial charge on any atom is 0.259 e. The Morgan fingerprint density at radius 1 is 1.04 bits per heavy atom. The number of imide groups is 1. The van der Waals surface area contributed by atoms with Crippen molar-refractivity contribution in [3.63, 3.8) is 0 Å². The second-order valence-corrected chi connectivity index (χ2v) is 5.48. The van der Waals surface area contributed by atoms with E-state index in [9.17, 15) is 18.8 Å². The Bertz CT molecular complexity index is 870. The van der Waals surface area contributed by atoms with Gasteiger partial charge >= 0.3 is 0 Å². The fraction of sp³-hybridized carbons (Fsp3) is 0.0625. The van der Waals surface area contributed by atoms with Crippen molar-refractivity contribution in [1.29, 1.82) is 0 Å². The smallest absolute Gasteiger partial charge is 0.259 e. The van der Waals surface area contributed by atoms with Crippen LogP contribution < -0.4 is 16.0 Å². The van der Waals surface area contributed by atoms with E-state index in [0.29, 0.717) is 11.4 Å². The maximum absolute atomic E-state index is 13.1. The van der Waals surface area contributed by atoms with Gasteiger partial charge in [-0.1, -0.05) is 11.6 Å². The van der Waals surface area contributed by atoms with Crippen LogP contribution in [0.1, 0.15) is 20.7 Å². The Morgan fingerprint density at radius 2 is 1.75 bits per heavy atom. The first-order chi connectivity index (χ1) is 11.4. The zero-order valence-corrected chi connectivity index (χ0v) is 12.9. The second-order valence-electron chi connectivity index (χ2n) is 5.07. The summed E-state index contributed by atoms with van der Waals surface area (Å²) in [4.78, 5) is 35.0. The Balaban J connectivity index is 1.63. The number of carbonyl (C=O) groups is 3. The van der Waals surface area contributed by atoms with Gasteiger partial charge in [0.15, 0.2) is 0 Å². The van der Waals surface area contributed by atoms with E-state index in [4.69, 9.17) is 11.6 Å². The first-order valence-electron chi connectivity index (χ1n) is 6.92. The molecule has 0 saturated heterocycles. The molecule has 1 heterocycles. The molecule has 6 nitrogen and oxygen atoms in total. The first-order valence-corrected chi connectivity index (χ1v) is 7.30. The number of anilines is 2. The lowest BCUT2D eigenvalue weighted by molar-refractivity contribution is -0.114. The highest BCUT2D eigenvalue weighted by Gasteiger charge is 2.26. The van der Waals surface area contributed by atoms with Crippen LogP contribution in [0.3, 0.4) is 0 Å². The van der Waals surface area contributed by atoms with Gasteiger partial charge in [-0.15, -0.1) is 0 Å². The molecule has 1 aliphatic rings. The summed E-state index contributed by atoms with van der Waals surface area (Å²) >= 11 is 5.66. The number of benzene rings is 2. The average Bonchev–Trinajstić information content (AvgIpc) is 2.83.